The molecule has 0 spiro atoms. The van der Waals surface area contributed by atoms with Gasteiger partial charge in [-0.15, -0.1) is 0 Å². The maximum absolute atomic E-state index is 12.3. The van der Waals surface area contributed by atoms with Crippen LogP contribution in [0.2, 0.25) is 0 Å². The summed E-state index contributed by atoms with van der Waals surface area (Å²) in [6.07, 6.45) is 45.2. The summed E-state index contributed by atoms with van der Waals surface area (Å²) in [5.74, 6) is -6.26. The van der Waals surface area contributed by atoms with Crippen LogP contribution in [0.5, 0.6) is 0 Å². The van der Waals surface area contributed by atoms with E-state index in [-0.39, 0.29) is 18.3 Å². The predicted molar refractivity (Wildman–Crippen MR) is 338 cm³/mol. The number of rotatable bonds is 50. The third-order valence-electron chi connectivity index (χ3n) is 17.0. The van der Waals surface area contributed by atoms with Crippen molar-refractivity contribution in [1.29, 1.82) is 0 Å². The minimum absolute atomic E-state index is 0.181. The van der Waals surface area contributed by atoms with E-state index in [0.29, 0.717) is 25.7 Å². The largest absolute Gasteiger partial charge is 0.550 e. The van der Waals surface area contributed by atoms with Gasteiger partial charge in [0.05, 0.1) is 47.2 Å². The molecule has 0 aliphatic rings. The van der Waals surface area contributed by atoms with Crippen LogP contribution in [-0.2, 0) is 32.8 Å². The number of carboxylic acid groups (broad SMARTS) is 2. The highest BCUT2D eigenvalue weighted by Gasteiger charge is 2.53. The predicted octanol–water partition coefficient (Wildman–Crippen LogP) is 17.4. The number of unbranched alkanes of at least 4 members (excludes halogenated alkanes) is 28. The molecule has 0 radical (unpaired) electrons. The lowest BCUT2D eigenvalue weighted by Crippen LogP contribution is -2.63. The zero-order chi connectivity index (χ0) is 59.8. The second-order valence-electron chi connectivity index (χ2n) is 25.6. The molecule has 0 aromatic heterocycles. The quantitative estimate of drug-likeness (QED) is 0.0396. The van der Waals surface area contributed by atoms with Crippen LogP contribution in [-0.4, -0.2) is 79.9 Å². The van der Waals surface area contributed by atoms with Crippen molar-refractivity contribution in [3.63, 3.8) is 0 Å². The van der Waals surface area contributed by atoms with Crippen molar-refractivity contribution < 1.29 is 41.7 Å². The number of carbonyl (C=O) groups excluding carboxylic acids is 2. The van der Waals surface area contributed by atoms with Crippen LogP contribution in [0.25, 0.3) is 0 Å². The first kappa shape index (κ1) is 77.2. The minimum atomic E-state index is -5.26. The van der Waals surface area contributed by atoms with Gasteiger partial charge in [-0.25, -0.2) is 0 Å². The summed E-state index contributed by atoms with van der Waals surface area (Å²) in [4.78, 5) is 24.0. The lowest BCUT2D eigenvalue weighted by Gasteiger charge is -2.42. The van der Waals surface area contributed by atoms with Crippen molar-refractivity contribution in [1.82, 2.24) is 0 Å². The van der Waals surface area contributed by atoms with Crippen molar-refractivity contribution in [2.24, 2.45) is 17.8 Å². The van der Waals surface area contributed by atoms with Gasteiger partial charge in [-0.2, -0.15) is 8.42 Å². The van der Waals surface area contributed by atoms with Gasteiger partial charge in [0.1, 0.15) is 17.8 Å². The van der Waals surface area contributed by atoms with Crippen molar-refractivity contribution in [3.05, 3.63) is 71.8 Å². The summed E-state index contributed by atoms with van der Waals surface area (Å²) in [6.45, 7) is 17.1. The van der Waals surface area contributed by atoms with Crippen LogP contribution < -0.4 is 10.2 Å². The standard InChI is InChI=1S/2C25H46N.C20H38O7S/c2*1-4-5-6-7-8-9-10-11-12-13-14-15-16-20-23-26(2,3)24-25-21-18-17-19-22-25;1-5-9-11-15(7-3)13-17(18(21)22)20(19(23)24,28(25,26)27)14-16(8-4)12-10-6-2/h2*17-19,21-22H,4-16,20,23-24H2,1-3H3;15-17H,5-14H2,1-4H3,(H,21,22)(H,23,24)(H,25,26,27)/q2*+1;/p-2. The van der Waals surface area contributed by atoms with Gasteiger partial charge < -0.3 is 28.8 Å². The molecule has 466 valence electrons. The Balaban J connectivity index is 0.00000117. The molecular weight excluding hydrogens is 1010 g/mol. The van der Waals surface area contributed by atoms with Gasteiger partial charge >= 0.3 is 0 Å². The van der Waals surface area contributed by atoms with Crippen LogP contribution in [0.1, 0.15) is 297 Å². The zero-order valence-corrected chi connectivity index (χ0v) is 54.7. The van der Waals surface area contributed by atoms with Gasteiger partial charge in [0.15, 0.2) is 0 Å². The smallest absolute Gasteiger partial charge is 0.276 e. The average molecular weight is 1140 g/mol. The number of quaternary nitrogens is 2. The Hall–Kier alpha value is -2.79. The summed E-state index contributed by atoms with van der Waals surface area (Å²) >= 11 is 0. The summed E-state index contributed by atoms with van der Waals surface area (Å²) in [7, 11) is 4.22. The Morgan fingerprint density at radius 1 is 0.450 bits per heavy atom. The van der Waals surface area contributed by atoms with Gasteiger partial charge in [-0.3, -0.25) is 4.55 Å². The maximum Gasteiger partial charge on any atom is 0.276 e. The first-order valence-electron chi connectivity index (χ1n) is 33.4. The highest BCUT2D eigenvalue weighted by molar-refractivity contribution is 7.88. The van der Waals surface area contributed by atoms with Crippen LogP contribution in [0.3, 0.4) is 0 Å². The lowest BCUT2D eigenvalue weighted by atomic mass is 9.76. The molecule has 2 aromatic rings. The number of benzene rings is 2. The Kier molecular flexibility index (Phi) is 46.9. The van der Waals surface area contributed by atoms with Gasteiger partial charge in [0.25, 0.3) is 10.1 Å². The van der Waals surface area contributed by atoms with E-state index in [4.69, 9.17) is 0 Å². The fourth-order valence-electron chi connectivity index (χ4n) is 11.7. The maximum atomic E-state index is 12.3. The fourth-order valence-corrected chi connectivity index (χ4v) is 12.9. The van der Waals surface area contributed by atoms with Crippen LogP contribution in [0.15, 0.2) is 60.7 Å². The molecule has 0 saturated carbocycles. The third-order valence-corrected chi connectivity index (χ3v) is 18.6. The molecule has 0 aliphatic heterocycles. The van der Waals surface area contributed by atoms with E-state index in [1.54, 1.807) is 6.92 Å². The van der Waals surface area contributed by atoms with Crippen molar-refractivity contribution in [3.8, 4) is 0 Å². The van der Waals surface area contributed by atoms with Gasteiger partial charge in [0.2, 0.25) is 0 Å². The topological polar surface area (TPSA) is 135 Å². The lowest BCUT2D eigenvalue weighted by molar-refractivity contribution is -0.903. The number of nitrogens with zero attached hydrogens (tertiary/aromatic N) is 2. The number of aliphatic carboxylic acids is 2. The fraction of sp³-hybridized carbons (Fsp3) is 0.800. The summed E-state index contributed by atoms with van der Waals surface area (Å²) in [5, 5.41) is 24.0. The highest BCUT2D eigenvalue weighted by Crippen LogP contribution is 2.40. The Morgan fingerprint density at radius 2 is 0.738 bits per heavy atom. The molecule has 4 atom stereocenters. The van der Waals surface area contributed by atoms with Crippen molar-refractivity contribution in [2.75, 3.05) is 41.3 Å². The van der Waals surface area contributed by atoms with Crippen LogP contribution in [0, 0.1) is 17.8 Å². The molecule has 2 aromatic carbocycles. The molecule has 80 heavy (non-hydrogen) atoms. The van der Waals surface area contributed by atoms with Gasteiger partial charge in [0, 0.05) is 23.0 Å². The van der Waals surface area contributed by atoms with E-state index in [1.807, 2.05) is 20.8 Å². The number of carbonyl (C=O) groups is 2. The van der Waals surface area contributed by atoms with Crippen LogP contribution >= 0.6 is 0 Å². The first-order valence-corrected chi connectivity index (χ1v) is 34.8. The molecular formula is C70H128N2O7S. The molecule has 9 nitrogen and oxygen atoms in total. The molecule has 0 fully saturated rings. The second-order valence-corrected chi connectivity index (χ2v) is 27.3. The number of hydrogen-bond acceptors (Lipinski definition) is 6. The zero-order valence-electron chi connectivity index (χ0n) is 53.9. The minimum Gasteiger partial charge on any atom is -0.550 e. The average Bonchev–Trinajstić information content (AvgIpc) is 3.42. The Morgan fingerprint density at radius 3 is 1.00 bits per heavy atom. The van der Waals surface area contributed by atoms with E-state index < -0.39 is 39.1 Å². The molecule has 0 aliphatic carbocycles. The van der Waals surface area contributed by atoms with E-state index in [1.165, 1.54) is 204 Å². The monoisotopic (exact) mass is 1140 g/mol. The molecule has 1 N–H and O–H groups in total. The van der Waals surface area contributed by atoms with E-state index >= 15 is 0 Å². The number of carboxylic acids is 2. The van der Waals surface area contributed by atoms with Gasteiger partial charge in [-0.05, 0) is 50.4 Å². The van der Waals surface area contributed by atoms with E-state index in [9.17, 15) is 32.8 Å². The van der Waals surface area contributed by atoms with Crippen LogP contribution in [0.4, 0.5) is 0 Å². The molecule has 10 heteroatoms. The van der Waals surface area contributed by atoms with Gasteiger partial charge in [-0.1, -0.05) is 308 Å². The van der Waals surface area contributed by atoms with Crippen molar-refractivity contribution in [2.45, 2.75) is 303 Å². The SMILES string of the molecule is CCCCC(CC)CC(C(=O)[O-])C(CC(CC)CCCC)(C(=O)[O-])S(=O)(=O)O.CCCCCCCCCCCCCCCC[N+](C)(C)Cc1ccccc1.CCCCCCCCCCCCCCCC[N+](C)(C)Cc1ccccc1. The highest BCUT2D eigenvalue weighted by atomic mass is 32.2. The second kappa shape index (κ2) is 48.6. The summed E-state index contributed by atoms with van der Waals surface area (Å²) < 4.78 is 33.8. The molecule has 0 amide bonds. The molecule has 0 heterocycles. The Labute approximate surface area is 495 Å². The molecule has 2 rings (SSSR count). The summed E-state index contributed by atoms with van der Waals surface area (Å²) in [6, 6.07) is 21.9. The molecule has 0 saturated heterocycles. The summed E-state index contributed by atoms with van der Waals surface area (Å²) in [5.41, 5.74) is 2.92. The normalized spacial score (nSPS) is 13.8. The first-order chi connectivity index (χ1) is 38.3. The third kappa shape index (κ3) is 38.9. The molecule has 4 unspecified atom stereocenters. The molecule has 0 bridgehead atoms. The Bertz CT molecular complexity index is 1760. The van der Waals surface area contributed by atoms with E-state index in [2.05, 4.69) is 103 Å². The van der Waals surface area contributed by atoms with E-state index in [0.717, 1.165) is 47.7 Å². The number of hydrogen-bond donors (Lipinski definition) is 1. The van der Waals surface area contributed by atoms with Crippen molar-refractivity contribution >= 4 is 22.1 Å².